The van der Waals surface area contributed by atoms with E-state index in [0.717, 1.165) is 16.9 Å². The third-order valence-corrected chi connectivity index (χ3v) is 4.57. The summed E-state index contributed by atoms with van der Waals surface area (Å²) in [5.74, 6) is 1.29. The van der Waals surface area contributed by atoms with Gasteiger partial charge in [-0.05, 0) is 36.8 Å². The van der Waals surface area contributed by atoms with E-state index in [0.29, 0.717) is 11.1 Å². The van der Waals surface area contributed by atoms with Crippen molar-refractivity contribution in [3.8, 4) is 17.2 Å². The van der Waals surface area contributed by atoms with Gasteiger partial charge in [0.2, 0.25) is 11.8 Å². The van der Waals surface area contributed by atoms with Gasteiger partial charge in [-0.2, -0.15) is 0 Å². The summed E-state index contributed by atoms with van der Waals surface area (Å²) in [5, 5.41) is 11.3. The summed E-state index contributed by atoms with van der Waals surface area (Å²) in [4.78, 5) is 12.1. The maximum absolute atomic E-state index is 12.1. The zero-order valence-electron chi connectivity index (χ0n) is 14.5. The molecule has 134 valence electrons. The van der Waals surface area contributed by atoms with E-state index in [4.69, 9.17) is 9.15 Å². The second-order valence-electron chi connectivity index (χ2n) is 5.59. The number of hydrogen-bond acceptors (Lipinski definition) is 6. The highest BCUT2D eigenvalue weighted by atomic mass is 32.2. The second-order valence-corrected chi connectivity index (χ2v) is 6.52. The summed E-state index contributed by atoms with van der Waals surface area (Å²) in [6, 6.07) is 17.1. The van der Waals surface area contributed by atoms with Gasteiger partial charge < -0.3 is 14.5 Å². The first-order chi connectivity index (χ1) is 12.7. The zero-order valence-corrected chi connectivity index (χ0v) is 15.3. The van der Waals surface area contributed by atoms with Gasteiger partial charge in [-0.3, -0.25) is 4.79 Å². The molecule has 0 bridgehead atoms. The Labute approximate surface area is 156 Å². The first kappa shape index (κ1) is 18.0. The molecule has 1 amide bonds. The molecule has 0 spiro atoms. The van der Waals surface area contributed by atoms with Crippen molar-refractivity contribution in [3.05, 3.63) is 60.2 Å². The lowest BCUT2D eigenvalue weighted by molar-refractivity contribution is -0.119. The Morgan fingerprint density at radius 3 is 2.58 bits per heavy atom. The molecule has 0 unspecified atom stereocenters. The smallest absolute Gasteiger partial charge is 0.277 e. The lowest BCUT2D eigenvalue weighted by atomic mass is 10.1. The summed E-state index contributed by atoms with van der Waals surface area (Å²) < 4.78 is 10.7. The minimum atomic E-state index is -0.0875. The number of carbonyl (C=O) groups is 1. The number of nitrogens with zero attached hydrogens (tertiary/aromatic N) is 2. The number of benzene rings is 2. The second kappa shape index (κ2) is 8.53. The number of thioether (sulfide) groups is 1. The van der Waals surface area contributed by atoms with Crippen molar-refractivity contribution in [1.82, 2.24) is 15.5 Å². The maximum atomic E-state index is 12.1. The fourth-order valence-corrected chi connectivity index (χ4v) is 2.93. The molecule has 1 atom stereocenters. The van der Waals surface area contributed by atoms with Crippen LogP contribution in [0.2, 0.25) is 0 Å². The van der Waals surface area contributed by atoms with Gasteiger partial charge in [-0.25, -0.2) is 0 Å². The van der Waals surface area contributed by atoms with Gasteiger partial charge in [0, 0.05) is 5.56 Å². The summed E-state index contributed by atoms with van der Waals surface area (Å²) in [5.41, 5.74) is 1.86. The standard InChI is InChI=1S/C19H19N3O3S/c1-13(14-6-4-3-5-7-14)20-17(23)12-26-19-22-21-18(25-19)15-8-10-16(24-2)11-9-15/h3-11,13H,12H2,1-2H3,(H,20,23)/t13-/m1/s1. The highest BCUT2D eigenvalue weighted by molar-refractivity contribution is 7.99. The van der Waals surface area contributed by atoms with Crippen LogP contribution in [0, 0.1) is 0 Å². The molecule has 26 heavy (non-hydrogen) atoms. The van der Waals surface area contributed by atoms with Crippen LogP contribution in [0.1, 0.15) is 18.5 Å². The summed E-state index contributed by atoms with van der Waals surface area (Å²) in [6.45, 7) is 1.95. The number of amides is 1. The monoisotopic (exact) mass is 369 g/mol. The molecule has 1 heterocycles. The van der Waals surface area contributed by atoms with E-state index in [9.17, 15) is 4.79 Å². The average Bonchev–Trinajstić information content (AvgIpc) is 3.16. The Bertz CT molecular complexity index is 850. The van der Waals surface area contributed by atoms with E-state index in [1.807, 2.05) is 61.5 Å². The molecule has 7 heteroatoms. The van der Waals surface area contributed by atoms with Crippen molar-refractivity contribution in [2.45, 2.75) is 18.2 Å². The number of hydrogen-bond donors (Lipinski definition) is 1. The topological polar surface area (TPSA) is 77.2 Å². The lowest BCUT2D eigenvalue weighted by Crippen LogP contribution is -2.28. The third kappa shape index (κ3) is 4.64. The summed E-state index contributed by atoms with van der Waals surface area (Å²) in [6.07, 6.45) is 0. The molecule has 2 aromatic carbocycles. The van der Waals surface area contributed by atoms with E-state index < -0.39 is 0 Å². The molecule has 0 saturated carbocycles. The number of methoxy groups -OCH3 is 1. The molecule has 0 fully saturated rings. The highest BCUT2D eigenvalue weighted by Crippen LogP contribution is 2.24. The van der Waals surface area contributed by atoms with Gasteiger partial charge in [0.25, 0.3) is 5.22 Å². The molecular formula is C19H19N3O3S. The first-order valence-corrected chi connectivity index (χ1v) is 9.09. The van der Waals surface area contributed by atoms with Crippen molar-refractivity contribution in [2.24, 2.45) is 0 Å². The van der Waals surface area contributed by atoms with E-state index in [-0.39, 0.29) is 17.7 Å². The van der Waals surface area contributed by atoms with Crippen LogP contribution >= 0.6 is 11.8 Å². The van der Waals surface area contributed by atoms with Crippen LogP contribution in [0.4, 0.5) is 0 Å². The van der Waals surface area contributed by atoms with Crippen molar-refractivity contribution in [3.63, 3.8) is 0 Å². The number of aromatic nitrogens is 2. The molecule has 0 aliphatic heterocycles. The predicted molar refractivity (Wildman–Crippen MR) is 100 cm³/mol. The normalized spacial score (nSPS) is 11.8. The summed E-state index contributed by atoms with van der Waals surface area (Å²) >= 11 is 1.21. The van der Waals surface area contributed by atoms with Gasteiger partial charge in [-0.1, -0.05) is 42.1 Å². The fraction of sp³-hybridized carbons (Fsp3) is 0.211. The Kier molecular flexibility index (Phi) is 5.91. The minimum absolute atomic E-state index is 0.0538. The van der Waals surface area contributed by atoms with E-state index in [1.165, 1.54) is 11.8 Å². The number of ether oxygens (including phenoxy) is 1. The molecule has 0 saturated heterocycles. The Hall–Kier alpha value is -2.80. The average molecular weight is 369 g/mol. The molecule has 0 radical (unpaired) electrons. The zero-order chi connectivity index (χ0) is 18.4. The van der Waals surface area contributed by atoms with Crippen LogP contribution in [0.3, 0.4) is 0 Å². The highest BCUT2D eigenvalue weighted by Gasteiger charge is 2.13. The molecule has 1 N–H and O–H groups in total. The van der Waals surface area contributed by atoms with Crippen molar-refractivity contribution in [2.75, 3.05) is 12.9 Å². The maximum Gasteiger partial charge on any atom is 0.277 e. The van der Waals surface area contributed by atoms with Gasteiger partial charge in [0.05, 0.1) is 18.9 Å². The van der Waals surface area contributed by atoms with Crippen LogP contribution in [-0.2, 0) is 4.79 Å². The van der Waals surface area contributed by atoms with Gasteiger partial charge in [0.1, 0.15) is 5.75 Å². The third-order valence-electron chi connectivity index (χ3n) is 3.75. The molecule has 3 aromatic rings. The van der Waals surface area contributed by atoms with Crippen LogP contribution in [-0.4, -0.2) is 29.0 Å². The van der Waals surface area contributed by atoms with Crippen molar-refractivity contribution >= 4 is 17.7 Å². The van der Waals surface area contributed by atoms with Crippen molar-refractivity contribution in [1.29, 1.82) is 0 Å². The molecule has 0 aliphatic carbocycles. The molecule has 3 rings (SSSR count). The number of rotatable bonds is 7. The van der Waals surface area contributed by atoms with E-state index in [2.05, 4.69) is 15.5 Å². The quantitative estimate of drug-likeness (QED) is 0.640. The fourth-order valence-electron chi connectivity index (χ4n) is 2.35. The van der Waals surface area contributed by atoms with Gasteiger partial charge in [0.15, 0.2) is 0 Å². The molecule has 6 nitrogen and oxygen atoms in total. The predicted octanol–water partition coefficient (Wildman–Crippen LogP) is 3.71. The largest absolute Gasteiger partial charge is 0.497 e. The van der Waals surface area contributed by atoms with E-state index in [1.54, 1.807) is 7.11 Å². The van der Waals surface area contributed by atoms with Crippen LogP contribution in [0.15, 0.2) is 64.2 Å². The Morgan fingerprint density at radius 2 is 1.88 bits per heavy atom. The van der Waals surface area contributed by atoms with Gasteiger partial charge >= 0.3 is 0 Å². The van der Waals surface area contributed by atoms with Crippen LogP contribution in [0.25, 0.3) is 11.5 Å². The van der Waals surface area contributed by atoms with E-state index >= 15 is 0 Å². The molecule has 1 aromatic heterocycles. The summed E-state index contributed by atoms with van der Waals surface area (Å²) in [7, 11) is 1.61. The van der Waals surface area contributed by atoms with Crippen molar-refractivity contribution < 1.29 is 13.9 Å². The van der Waals surface area contributed by atoms with Crippen LogP contribution in [0.5, 0.6) is 5.75 Å². The SMILES string of the molecule is COc1ccc(-c2nnc(SCC(=O)N[C@H](C)c3ccccc3)o2)cc1. The number of carbonyl (C=O) groups excluding carboxylic acids is 1. The lowest BCUT2D eigenvalue weighted by Gasteiger charge is -2.13. The number of nitrogens with one attached hydrogen (secondary N) is 1. The molecule has 0 aliphatic rings. The first-order valence-electron chi connectivity index (χ1n) is 8.11. The Balaban J connectivity index is 1.53. The molecular weight excluding hydrogens is 350 g/mol. The minimum Gasteiger partial charge on any atom is -0.497 e. The van der Waals surface area contributed by atoms with Gasteiger partial charge in [-0.15, -0.1) is 10.2 Å². The Morgan fingerprint density at radius 1 is 1.15 bits per heavy atom. The van der Waals surface area contributed by atoms with Crippen LogP contribution < -0.4 is 10.1 Å².